The molecule has 1 aromatic heterocycles. The minimum Gasteiger partial charge on any atom is -0.388 e. The normalized spacial score (nSPS) is 23.2. The van der Waals surface area contributed by atoms with Crippen molar-refractivity contribution in [3.8, 4) is 0 Å². The molecule has 0 aromatic carbocycles. The average molecular weight is 239 g/mol. The Labute approximate surface area is 102 Å². The maximum atomic E-state index is 9.49. The number of aliphatic hydroxyl groups excluding tert-OH is 1. The molecule has 3 heteroatoms. The van der Waals surface area contributed by atoms with Gasteiger partial charge < -0.3 is 5.11 Å². The van der Waals surface area contributed by atoms with E-state index in [4.69, 9.17) is 0 Å². The van der Waals surface area contributed by atoms with Crippen molar-refractivity contribution in [2.24, 2.45) is 5.41 Å². The molecule has 2 rings (SSSR count). The van der Waals surface area contributed by atoms with Crippen LogP contribution in [-0.4, -0.2) is 10.1 Å². The third-order valence-corrected chi connectivity index (χ3v) is 4.97. The Kier molecular flexibility index (Phi) is 3.36. The molecule has 1 aromatic rings. The van der Waals surface area contributed by atoms with Gasteiger partial charge in [-0.1, -0.05) is 13.8 Å². The van der Waals surface area contributed by atoms with E-state index >= 15 is 0 Å². The van der Waals surface area contributed by atoms with Gasteiger partial charge in [0.05, 0.1) is 16.0 Å². The van der Waals surface area contributed by atoms with Crippen LogP contribution in [0.2, 0.25) is 0 Å². The van der Waals surface area contributed by atoms with Crippen molar-refractivity contribution in [3.05, 3.63) is 16.1 Å². The van der Waals surface area contributed by atoms with Crippen LogP contribution in [0.15, 0.2) is 6.20 Å². The molecule has 1 N–H and O–H groups in total. The quantitative estimate of drug-likeness (QED) is 0.849. The number of hydrogen-bond donors (Lipinski definition) is 1. The molecule has 0 saturated heterocycles. The lowest BCUT2D eigenvalue weighted by Crippen LogP contribution is -2.20. The molecule has 1 saturated carbocycles. The summed E-state index contributed by atoms with van der Waals surface area (Å²) >= 11 is 1.69. The van der Waals surface area contributed by atoms with Crippen molar-refractivity contribution in [2.45, 2.75) is 58.5 Å². The summed E-state index contributed by atoms with van der Waals surface area (Å²) < 4.78 is 0. The van der Waals surface area contributed by atoms with Crippen LogP contribution in [0.1, 0.15) is 68.4 Å². The van der Waals surface area contributed by atoms with Crippen LogP contribution in [0.5, 0.6) is 0 Å². The van der Waals surface area contributed by atoms with E-state index in [1.54, 1.807) is 18.3 Å². The highest BCUT2D eigenvalue weighted by Crippen LogP contribution is 2.43. The smallest absolute Gasteiger partial charge is 0.0959 e. The van der Waals surface area contributed by atoms with Crippen LogP contribution in [0.4, 0.5) is 0 Å². The first-order valence-corrected chi connectivity index (χ1v) is 6.93. The van der Waals surface area contributed by atoms with Gasteiger partial charge in [0.25, 0.3) is 0 Å². The Morgan fingerprint density at radius 3 is 2.56 bits per heavy atom. The zero-order chi connectivity index (χ0) is 11.8. The SMILES string of the molecule is CC(O)c1cnc(C2CCC(C)(C)CC2)s1. The molecule has 1 heterocycles. The molecule has 0 spiro atoms. The minimum atomic E-state index is -0.369. The van der Waals surface area contributed by atoms with Crippen LogP contribution in [-0.2, 0) is 0 Å². The molecule has 2 nitrogen and oxygen atoms in total. The Hall–Kier alpha value is -0.410. The fourth-order valence-electron chi connectivity index (χ4n) is 2.33. The average Bonchev–Trinajstić information content (AvgIpc) is 2.66. The highest BCUT2D eigenvalue weighted by molar-refractivity contribution is 7.11. The van der Waals surface area contributed by atoms with E-state index in [0.717, 1.165) is 4.88 Å². The third kappa shape index (κ3) is 2.64. The summed E-state index contributed by atoms with van der Waals surface area (Å²) in [4.78, 5) is 5.47. The molecule has 1 aliphatic carbocycles. The molecule has 0 aliphatic heterocycles. The monoisotopic (exact) mass is 239 g/mol. The van der Waals surface area contributed by atoms with Gasteiger partial charge in [0.1, 0.15) is 0 Å². The van der Waals surface area contributed by atoms with Crippen LogP contribution >= 0.6 is 11.3 Å². The zero-order valence-corrected chi connectivity index (χ0v) is 11.2. The number of hydrogen-bond acceptors (Lipinski definition) is 3. The third-order valence-electron chi connectivity index (χ3n) is 3.64. The molecule has 16 heavy (non-hydrogen) atoms. The topological polar surface area (TPSA) is 33.1 Å². The molecule has 90 valence electrons. The number of thiazole rings is 1. The van der Waals surface area contributed by atoms with Gasteiger partial charge in [-0.25, -0.2) is 4.98 Å². The van der Waals surface area contributed by atoms with Gasteiger partial charge in [-0.15, -0.1) is 11.3 Å². The second-order valence-electron chi connectivity index (χ2n) is 5.72. The molecular formula is C13H21NOS. The Morgan fingerprint density at radius 1 is 1.44 bits per heavy atom. The number of nitrogens with zero attached hydrogens (tertiary/aromatic N) is 1. The first-order chi connectivity index (χ1) is 7.48. The van der Waals surface area contributed by atoms with E-state index in [9.17, 15) is 5.11 Å². The molecule has 0 bridgehead atoms. The van der Waals surface area contributed by atoms with E-state index in [1.165, 1.54) is 30.7 Å². The standard InChI is InChI=1S/C13H21NOS/c1-9(15)11-8-14-12(16-11)10-4-6-13(2,3)7-5-10/h8-10,15H,4-7H2,1-3H3. The maximum Gasteiger partial charge on any atom is 0.0959 e. The summed E-state index contributed by atoms with van der Waals surface area (Å²) in [5.41, 5.74) is 0.515. The van der Waals surface area contributed by atoms with Gasteiger partial charge in [-0.3, -0.25) is 0 Å². The van der Waals surface area contributed by atoms with Crippen LogP contribution < -0.4 is 0 Å². The lowest BCUT2D eigenvalue weighted by atomic mass is 9.73. The van der Waals surface area contributed by atoms with Gasteiger partial charge in [0.2, 0.25) is 0 Å². The molecule has 1 unspecified atom stereocenters. The lowest BCUT2D eigenvalue weighted by Gasteiger charge is -2.33. The predicted molar refractivity (Wildman–Crippen MR) is 67.7 cm³/mol. The molecule has 0 radical (unpaired) electrons. The first kappa shape index (κ1) is 12.1. The lowest BCUT2D eigenvalue weighted by molar-refractivity contribution is 0.203. The number of aliphatic hydroxyl groups is 1. The van der Waals surface area contributed by atoms with Crippen molar-refractivity contribution in [1.82, 2.24) is 4.98 Å². The zero-order valence-electron chi connectivity index (χ0n) is 10.4. The van der Waals surface area contributed by atoms with E-state index in [2.05, 4.69) is 18.8 Å². The van der Waals surface area contributed by atoms with Crippen LogP contribution in [0.25, 0.3) is 0 Å². The largest absolute Gasteiger partial charge is 0.388 e. The van der Waals surface area contributed by atoms with Crippen LogP contribution in [0.3, 0.4) is 0 Å². The fraction of sp³-hybridized carbons (Fsp3) is 0.769. The minimum absolute atomic E-state index is 0.369. The Morgan fingerprint density at radius 2 is 2.06 bits per heavy atom. The molecule has 1 fully saturated rings. The van der Waals surface area contributed by atoms with Gasteiger partial charge in [-0.2, -0.15) is 0 Å². The summed E-state index contributed by atoms with van der Waals surface area (Å²) in [6, 6.07) is 0. The second kappa shape index (κ2) is 4.46. The predicted octanol–water partition coefficient (Wildman–Crippen LogP) is 3.88. The fourth-order valence-corrected chi connectivity index (χ4v) is 3.35. The van der Waals surface area contributed by atoms with Gasteiger partial charge in [0.15, 0.2) is 0 Å². The summed E-state index contributed by atoms with van der Waals surface area (Å²) in [6.45, 7) is 6.51. The molecule has 1 aliphatic rings. The summed E-state index contributed by atoms with van der Waals surface area (Å²) in [6.07, 6.45) is 6.55. The van der Waals surface area contributed by atoms with Gasteiger partial charge in [-0.05, 0) is 38.0 Å². The Balaban J connectivity index is 2.03. The molecular weight excluding hydrogens is 218 g/mol. The van der Waals surface area contributed by atoms with Crippen molar-refractivity contribution in [3.63, 3.8) is 0 Å². The first-order valence-electron chi connectivity index (χ1n) is 6.12. The van der Waals surface area contributed by atoms with Crippen molar-refractivity contribution in [2.75, 3.05) is 0 Å². The van der Waals surface area contributed by atoms with Gasteiger partial charge >= 0.3 is 0 Å². The number of aromatic nitrogens is 1. The Bertz CT molecular complexity index is 347. The summed E-state index contributed by atoms with van der Waals surface area (Å²) in [7, 11) is 0. The second-order valence-corrected chi connectivity index (χ2v) is 6.81. The summed E-state index contributed by atoms with van der Waals surface area (Å²) in [5, 5.41) is 10.7. The van der Waals surface area contributed by atoms with E-state index in [0.29, 0.717) is 11.3 Å². The van der Waals surface area contributed by atoms with E-state index in [1.807, 2.05) is 6.20 Å². The molecule has 1 atom stereocenters. The van der Waals surface area contributed by atoms with Crippen molar-refractivity contribution >= 4 is 11.3 Å². The van der Waals surface area contributed by atoms with Gasteiger partial charge in [0, 0.05) is 12.1 Å². The van der Waals surface area contributed by atoms with E-state index in [-0.39, 0.29) is 6.10 Å². The van der Waals surface area contributed by atoms with Crippen LogP contribution in [0, 0.1) is 5.41 Å². The molecule has 0 amide bonds. The van der Waals surface area contributed by atoms with Crippen molar-refractivity contribution in [1.29, 1.82) is 0 Å². The summed E-state index contributed by atoms with van der Waals surface area (Å²) in [5.74, 6) is 0.630. The number of rotatable bonds is 2. The highest BCUT2D eigenvalue weighted by Gasteiger charge is 2.29. The highest BCUT2D eigenvalue weighted by atomic mass is 32.1. The van der Waals surface area contributed by atoms with E-state index < -0.39 is 0 Å². The maximum absolute atomic E-state index is 9.49. The van der Waals surface area contributed by atoms with Crippen molar-refractivity contribution < 1.29 is 5.11 Å².